The molecule has 4 atom stereocenters. The first-order valence-electron chi connectivity index (χ1n) is 11.8. The summed E-state index contributed by atoms with van der Waals surface area (Å²) >= 11 is 0. The van der Waals surface area contributed by atoms with Crippen LogP contribution in [0.25, 0.3) is 0 Å². The Morgan fingerprint density at radius 3 is 1.64 bits per heavy atom. The molecule has 0 spiro atoms. The Morgan fingerprint density at radius 1 is 0.694 bits per heavy atom. The van der Waals surface area contributed by atoms with Crippen molar-refractivity contribution in [2.75, 3.05) is 6.54 Å². The van der Waals surface area contributed by atoms with Crippen LogP contribution in [0.15, 0.2) is 0 Å². The number of aliphatic carboxylic acids is 3. The van der Waals surface area contributed by atoms with E-state index in [9.17, 15) is 33.9 Å². The van der Waals surface area contributed by atoms with Crippen molar-refractivity contribution in [2.24, 2.45) is 17.4 Å². The van der Waals surface area contributed by atoms with Crippen LogP contribution in [0.3, 0.4) is 0 Å². The minimum absolute atomic E-state index is 0.0639. The molecule has 0 aliphatic rings. The van der Waals surface area contributed by atoms with Gasteiger partial charge in [-0.3, -0.25) is 24.0 Å². The molecule has 0 rings (SSSR count). The van der Waals surface area contributed by atoms with Crippen LogP contribution < -0.4 is 27.4 Å². The minimum atomic E-state index is -1.38. The van der Waals surface area contributed by atoms with E-state index in [1.54, 1.807) is 13.8 Å². The number of nitrogens with one attached hydrogen (secondary N) is 3. The number of nitrogens with two attached hydrogens (primary N) is 2. The van der Waals surface area contributed by atoms with E-state index in [1.165, 1.54) is 0 Å². The summed E-state index contributed by atoms with van der Waals surface area (Å²) in [6.45, 7) is 3.86. The predicted molar refractivity (Wildman–Crippen MR) is 128 cm³/mol. The van der Waals surface area contributed by atoms with Gasteiger partial charge in [-0.2, -0.15) is 0 Å². The number of hydrogen-bond acceptors (Lipinski definition) is 8. The highest BCUT2D eigenvalue weighted by Gasteiger charge is 2.30. The highest BCUT2D eigenvalue weighted by Crippen LogP contribution is 2.08. The van der Waals surface area contributed by atoms with Crippen molar-refractivity contribution in [3.05, 3.63) is 0 Å². The normalized spacial score (nSPS) is 14.2. The molecule has 10 N–H and O–H groups in total. The molecule has 0 aromatic rings. The van der Waals surface area contributed by atoms with E-state index in [4.69, 9.17) is 21.7 Å². The van der Waals surface area contributed by atoms with Gasteiger partial charge in [-0.1, -0.05) is 13.8 Å². The molecular weight excluding hydrogens is 478 g/mol. The first-order chi connectivity index (χ1) is 16.8. The zero-order chi connectivity index (χ0) is 27.8. The fraction of sp³-hybridized carbons (Fsp3) is 0.727. The first kappa shape index (κ1) is 32.7. The molecule has 0 saturated carbocycles. The number of hydrogen-bond donors (Lipinski definition) is 8. The molecule has 0 radical (unpaired) electrons. The molecule has 0 heterocycles. The van der Waals surface area contributed by atoms with Crippen LogP contribution in [0, 0.1) is 5.92 Å². The topological polar surface area (TPSA) is 251 Å². The molecule has 0 aromatic heterocycles. The van der Waals surface area contributed by atoms with E-state index >= 15 is 0 Å². The van der Waals surface area contributed by atoms with Gasteiger partial charge in [0, 0.05) is 12.8 Å². The van der Waals surface area contributed by atoms with Gasteiger partial charge in [-0.25, -0.2) is 4.79 Å². The van der Waals surface area contributed by atoms with Gasteiger partial charge in [0.1, 0.15) is 18.1 Å². The third kappa shape index (κ3) is 14.2. The number of unbranched alkanes of at least 4 members (excludes halogenated alkanes) is 1. The Hall–Kier alpha value is -3.26. The van der Waals surface area contributed by atoms with E-state index in [0.29, 0.717) is 19.4 Å². The molecule has 4 unspecified atom stereocenters. The van der Waals surface area contributed by atoms with Gasteiger partial charge in [0.25, 0.3) is 0 Å². The average Bonchev–Trinajstić information content (AvgIpc) is 2.78. The lowest BCUT2D eigenvalue weighted by molar-refractivity contribution is -0.143. The lowest BCUT2D eigenvalue weighted by Gasteiger charge is -2.25. The second-order valence-electron chi connectivity index (χ2n) is 8.91. The van der Waals surface area contributed by atoms with Gasteiger partial charge >= 0.3 is 17.9 Å². The largest absolute Gasteiger partial charge is 0.481 e. The molecule has 0 bridgehead atoms. The molecule has 206 valence electrons. The summed E-state index contributed by atoms with van der Waals surface area (Å²) in [5.41, 5.74) is 11.2. The number of carboxylic acids is 3. The number of amides is 3. The van der Waals surface area contributed by atoms with Crippen LogP contribution in [0.2, 0.25) is 0 Å². The molecule has 0 fully saturated rings. The van der Waals surface area contributed by atoms with Crippen LogP contribution in [-0.4, -0.2) is 81.7 Å². The van der Waals surface area contributed by atoms with E-state index in [-0.39, 0.29) is 38.0 Å². The zero-order valence-electron chi connectivity index (χ0n) is 20.7. The molecule has 36 heavy (non-hydrogen) atoms. The molecule has 0 aromatic carbocycles. The van der Waals surface area contributed by atoms with Crippen LogP contribution in [-0.2, 0) is 28.8 Å². The summed E-state index contributed by atoms with van der Waals surface area (Å²) in [5, 5.41) is 34.4. The maximum absolute atomic E-state index is 13.0. The van der Waals surface area contributed by atoms with Gasteiger partial charge < -0.3 is 42.7 Å². The van der Waals surface area contributed by atoms with E-state index in [1.807, 2.05) is 0 Å². The van der Waals surface area contributed by atoms with E-state index < -0.39 is 66.2 Å². The van der Waals surface area contributed by atoms with Crippen LogP contribution in [0.1, 0.15) is 65.2 Å². The predicted octanol–water partition coefficient (Wildman–Crippen LogP) is -1.24. The molecule has 0 aliphatic carbocycles. The maximum atomic E-state index is 13.0. The number of carbonyl (C=O) groups excluding carboxylic acids is 3. The fourth-order valence-corrected chi connectivity index (χ4v) is 3.22. The minimum Gasteiger partial charge on any atom is -0.481 e. The Kier molecular flexibility index (Phi) is 15.7. The summed E-state index contributed by atoms with van der Waals surface area (Å²) in [6.07, 6.45) is -0.103. The summed E-state index contributed by atoms with van der Waals surface area (Å²) in [6, 6.07) is -4.97. The highest BCUT2D eigenvalue weighted by atomic mass is 16.4. The van der Waals surface area contributed by atoms with Crippen molar-refractivity contribution >= 4 is 35.6 Å². The quantitative estimate of drug-likeness (QED) is 0.0940. The maximum Gasteiger partial charge on any atom is 0.326 e. The van der Waals surface area contributed by atoms with E-state index in [2.05, 4.69) is 16.0 Å². The second kappa shape index (κ2) is 17.2. The standard InChI is InChI=1S/C22H39N5O9/c1-12(2)11-16(22(35)36)27-21(34)15(7-9-18(30)31)26-20(33)14(5-3-4-10-23)25-19(32)13(24)6-8-17(28)29/h12-16H,3-11,23-24H2,1-2H3,(H,25,32)(H,26,33)(H,27,34)(H,28,29)(H,30,31)(H,35,36). The molecule has 3 amide bonds. The summed E-state index contributed by atoms with van der Waals surface area (Å²) < 4.78 is 0. The van der Waals surface area contributed by atoms with Crippen LogP contribution >= 0.6 is 0 Å². The smallest absolute Gasteiger partial charge is 0.326 e. The van der Waals surface area contributed by atoms with E-state index in [0.717, 1.165) is 0 Å². The fourth-order valence-electron chi connectivity index (χ4n) is 3.22. The molecular formula is C22H39N5O9. The van der Waals surface area contributed by atoms with Crippen molar-refractivity contribution in [1.82, 2.24) is 16.0 Å². The van der Waals surface area contributed by atoms with Crippen LogP contribution in [0.5, 0.6) is 0 Å². The summed E-state index contributed by atoms with van der Waals surface area (Å²) in [5.74, 6) is -6.14. The number of carboxylic acid groups (broad SMARTS) is 3. The summed E-state index contributed by atoms with van der Waals surface area (Å²) in [7, 11) is 0. The third-order valence-corrected chi connectivity index (χ3v) is 5.19. The third-order valence-electron chi connectivity index (χ3n) is 5.19. The zero-order valence-corrected chi connectivity index (χ0v) is 20.7. The monoisotopic (exact) mass is 517 g/mol. The van der Waals surface area contributed by atoms with Crippen molar-refractivity contribution in [3.63, 3.8) is 0 Å². The SMILES string of the molecule is CC(C)CC(NC(=O)C(CCC(=O)O)NC(=O)C(CCCCN)NC(=O)C(N)CCC(=O)O)C(=O)O. The molecule has 0 saturated heterocycles. The Morgan fingerprint density at radius 2 is 1.17 bits per heavy atom. The number of rotatable bonds is 19. The van der Waals surface area contributed by atoms with Crippen molar-refractivity contribution in [1.29, 1.82) is 0 Å². The average molecular weight is 518 g/mol. The molecule has 14 heteroatoms. The van der Waals surface area contributed by atoms with Gasteiger partial charge in [-0.05, 0) is 51.0 Å². The second-order valence-corrected chi connectivity index (χ2v) is 8.91. The van der Waals surface area contributed by atoms with Gasteiger partial charge in [-0.15, -0.1) is 0 Å². The Balaban J connectivity index is 5.57. The Labute approximate surface area is 209 Å². The number of carbonyl (C=O) groups is 6. The lowest BCUT2D eigenvalue weighted by Crippen LogP contribution is -2.57. The van der Waals surface area contributed by atoms with Crippen molar-refractivity contribution in [3.8, 4) is 0 Å². The summed E-state index contributed by atoms with van der Waals surface area (Å²) in [4.78, 5) is 71.5. The first-order valence-corrected chi connectivity index (χ1v) is 11.8. The van der Waals surface area contributed by atoms with Gasteiger partial charge in [0.05, 0.1) is 6.04 Å². The van der Waals surface area contributed by atoms with Crippen LogP contribution in [0.4, 0.5) is 0 Å². The lowest BCUT2D eigenvalue weighted by atomic mass is 10.0. The van der Waals surface area contributed by atoms with Crippen molar-refractivity contribution < 1.29 is 44.1 Å². The molecule has 14 nitrogen and oxygen atoms in total. The van der Waals surface area contributed by atoms with Crippen molar-refractivity contribution in [2.45, 2.75) is 89.4 Å². The molecule has 0 aliphatic heterocycles. The van der Waals surface area contributed by atoms with Gasteiger partial charge in [0.2, 0.25) is 17.7 Å². The Bertz CT molecular complexity index is 775. The highest BCUT2D eigenvalue weighted by molar-refractivity contribution is 5.94. The van der Waals surface area contributed by atoms with Gasteiger partial charge in [0.15, 0.2) is 0 Å².